The molecule has 0 amide bonds. The van der Waals surface area contributed by atoms with E-state index in [2.05, 4.69) is 32.1 Å². The van der Waals surface area contributed by atoms with Crippen molar-refractivity contribution in [2.45, 2.75) is 46.0 Å². The van der Waals surface area contributed by atoms with Crippen LogP contribution in [0.3, 0.4) is 0 Å². The van der Waals surface area contributed by atoms with Gasteiger partial charge in [-0.05, 0) is 56.6 Å². The smallest absolute Gasteiger partial charge is 0.0397 e. The number of rotatable bonds is 3. The molecule has 1 atom stereocenters. The highest BCUT2D eigenvalue weighted by atomic mass is 35.5. The molecule has 0 aliphatic heterocycles. The van der Waals surface area contributed by atoms with Crippen LogP contribution in [-0.2, 0) is 0 Å². The molecular weight excluding hydrogens is 263 g/mol. The first kappa shape index (κ1) is 14.0. The van der Waals surface area contributed by atoms with Crippen molar-refractivity contribution >= 4 is 23.2 Å². The Morgan fingerprint density at radius 2 is 2.00 bits per heavy atom. The third kappa shape index (κ3) is 3.52. The second-order valence-corrected chi connectivity index (χ2v) is 6.28. The van der Waals surface area contributed by atoms with E-state index in [1.165, 1.54) is 16.7 Å². The van der Waals surface area contributed by atoms with Gasteiger partial charge in [0.1, 0.15) is 0 Å². The molecule has 0 fully saturated rings. The van der Waals surface area contributed by atoms with E-state index in [1.807, 2.05) is 0 Å². The van der Waals surface area contributed by atoms with Crippen LogP contribution in [-0.4, -0.2) is 0 Å². The summed E-state index contributed by atoms with van der Waals surface area (Å²) < 4.78 is 0. The molecule has 2 heteroatoms. The van der Waals surface area contributed by atoms with Gasteiger partial charge in [-0.2, -0.15) is 0 Å². The zero-order valence-electron chi connectivity index (χ0n) is 11.1. The average molecular weight is 283 g/mol. The Balaban J connectivity index is 1.99. The normalized spacial score (nSPS) is 24.7. The molecule has 18 heavy (non-hydrogen) atoms. The third-order valence-corrected chi connectivity index (χ3v) is 4.48. The zero-order valence-corrected chi connectivity index (χ0v) is 12.6. The van der Waals surface area contributed by atoms with E-state index < -0.39 is 0 Å². The Bertz CT molecular complexity index is 450. The highest BCUT2D eigenvalue weighted by molar-refractivity contribution is 6.31. The molecule has 0 saturated carbocycles. The second-order valence-electron chi connectivity index (χ2n) is 5.41. The van der Waals surface area contributed by atoms with Gasteiger partial charge in [-0.1, -0.05) is 53.4 Å². The predicted octanol–water partition coefficient (Wildman–Crippen LogP) is 6.09. The van der Waals surface area contributed by atoms with Crippen LogP contribution < -0.4 is 0 Å². The van der Waals surface area contributed by atoms with Gasteiger partial charge in [0.15, 0.2) is 0 Å². The fourth-order valence-electron chi connectivity index (χ4n) is 2.46. The van der Waals surface area contributed by atoms with Crippen molar-refractivity contribution in [2.75, 3.05) is 0 Å². The van der Waals surface area contributed by atoms with Crippen LogP contribution in [0.15, 0.2) is 45.0 Å². The molecule has 0 saturated heterocycles. The van der Waals surface area contributed by atoms with E-state index in [9.17, 15) is 0 Å². The average Bonchev–Trinajstić information content (AvgIpc) is 2.30. The van der Waals surface area contributed by atoms with Gasteiger partial charge in [0.25, 0.3) is 0 Å². The van der Waals surface area contributed by atoms with E-state index in [1.54, 1.807) is 0 Å². The van der Waals surface area contributed by atoms with Gasteiger partial charge in [0, 0.05) is 10.1 Å². The standard InChI is InChI=1S/C16H20Cl2/c1-11-3-5-13(15(17)9-11)7-8-14-6-4-12(2)10-16(14)18/h3,5,10-11H,4,6-9H2,1-2H3. The predicted molar refractivity (Wildman–Crippen MR) is 80.9 cm³/mol. The quantitative estimate of drug-likeness (QED) is 0.588. The molecule has 0 bridgehead atoms. The summed E-state index contributed by atoms with van der Waals surface area (Å²) in [5.41, 5.74) is 4.05. The van der Waals surface area contributed by atoms with Crippen molar-refractivity contribution in [3.63, 3.8) is 0 Å². The molecule has 0 spiro atoms. The molecule has 0 N–H and O–H groups in total. The summed E-state index contributed by atoms with van der Waals surface area (Å²) in [5.74, 6) is 0.573. The van der Waals surface area contributed by atoms with Gasteiger partial charge in [-0.25, -0.2) is 0 Å². The number of allylic oxidation sites excluding steroid dienone is 8. The Hall–Kier alpha value is -0.460. The first-order valence-electron chi connectivity index (χ1n) is 6.66. The lowest BCUT2D eigenvalue weighted by molar-refractivity contribution is 0.710. The first-order chi connectivity index (χ1) is 8.56. The maximum atomic E-state index is 6.32. The lowest BCUT2D eigenvalue weighted by Gasteiger charge is -2.18. The van der Waals surface area contributed by atoms with Crippen molar-refractivity contribution in [3.8, 4) is 0 Å². The molecule has 0 radical (unpaired) electrons. The molecule has 2 aliphatic carbocycles. The van der Waals surface area contributed by atoms with E-state index in [0.29, 0.717) is 5.92 Å². The first-order valence-corrected chi connectivity index (χ1v) is 7.42. The highest BCUT2D eigenvalue weighted by Gasteiger charge is 2.14. The lowest BCUT2D eigenvalue weighted by Crippen LogP contribution is -2.00. The van der Waals surface area contributed by atoms with Crippen LogP contribution in [0.4, 0.5) is 0 Å². The minimum Gasteiger partial charge on any atom is -0.0888 e. The number of halogens is 2. The molecule has 2 rings (SSSR count). The van der Waals surface area contributed by atoms with Crippen molar-refractivity contribution < 1.29 is 0 Å². The number of hydrogen-bond acceptors (Lipinski definition) is 0. The molecule has 0 heterocycles. The topological polar surface area (TPSA) is 0 Å². The molecule has 2 aliphatic rings. The third-order valence-electron chi connectivity index (χ3n) is 3.70. The van der Waals surface area contributed by atoms with Gasteiger partial charge >= 0.3 is 0 Å². The van der Waals surface area contributed by atoms with Crippen molar-refractivity contribution in [1.29, 1.82) is 0 Å². The summed E-state index contributed by atoms with van der Waals surface area (Å²) in [6.07, 6.45) is 11.8. The summed E-state index contributed by atoms with van der Waals surface area (Å²) in [4.78, 5) is 0. The van der Waals surface area contributed by atoms with Crippen LogP contribution in [0.1, 0.15) is 46.0 Å². The maximum Gasteiger partial charge on any atom is 0.0397 e. The lowest BCUT2D eigenvalue weighted by atomic mass is 9.91. The van der Waals surface area contributed by atoms with Gasteiger partial charge < -0.3 is 0 Å². The fourth-order valence-corrected chi connectivity index (χ4v) is 3.24. The van der Waals surface area contributed by atoms with Crippen LogP contribution in [0.2, 0.25) is 0 Å². The van der Waals surface area contributed by atoms with Gasteiger partial charge in [0.2, 0.25) is 0 Å². The van der Waals surface area contributed by atoms with Crippen molar-refractivity contribution in [2.24, 2.45) is 5.92 Å². The van der Waals surface area contributed by atoms with Crippen LogP contribution in [0, 0.1) is 5.92 Å². The number of hydrogen-bond donors (Lipinski definition) is 0. The summed E-state index contributed by atoms with van der Waals surface area (Å²) in [6.45, 7) is 4.34. The summed E-state index contributed by atoms with van der Waals surface area (Å²) >= 11 is 12.6. The van der Waals surface area contributed by atoms with Crippen LogP contribution in [0.5, 0.6) is 0 Å². The van der Waals surface area contributed by atoms with E-state index in [0.717, 1.165) is 42.2 Å². The maximum absolute atomic E-state index is 6.32. The fraction of sp³-hybridized carbons (Fsp3) is 0.500. The monoisotopic (exact) mass is 282 g/mol. The van der Waals surface area contributed by atoms with Gasteiger partial charge in [0.05, 0.1) is 0 Å². The molecular formula is C16H20Cl2. The zero-order chi connectivity index (χ0) is 13.1. The van der Waals surface area contributed by atoms with E-state index in [4.69, 9.17) is 23.2 Å². The molecule has 0 aromatic carbocycles. The minimum absolute atomic E-state index is 0.573. The molecule has 0 aromatic rings. The van der Waals surface area contributed by atoms with Crippen molar-refractivity contribution in [3.05, 3.63) is 45.0 Å². The van der Waals surface area contributed by atoms with Gasteiger partial charge in [-0.15, -0.1) is 0 Å². The molecule has 98 valence electrons. The molecule has 1 unspecified atom stereocenters. The van der Waals surface area contributed by atoms with Gasteiger partial charge in [-0.3, -0.25) is 0 Å². The largest absolute Gasteiger partial charge is 0.0888 e. The van der Waals surface area contributed by atoms with Crippen molar-refractivity contribution in [1.82, 2.24) is 0 Å². The summed E-state index contributed by atoms with van der Waals surface area (Å²) in [7, 11) is 0. The molecule has 0 nitrogen and oxygen atoms in total. The highest BCUT2D eigenvalue weighted by Crippen LogP contribution is 2.33. The van der Waals surface area contributed by atoms with Crippen LogP contribution in [0.25, 0.3) is 0 Å². The Morgan fingerprint density at radius 1 is 1.22 bits per heavy atom. The van der Waals surface area contributed by atoms with Crippen LogP contribution >= 0.6 is 23.2 Å². The molecule has 0 aromatic heterocycles. The summed E-state index contributed by atoms with van der Waals surface area (Å²) in [6, 6.07) is 0. The SMILES string of the molecule is CC1=CC(Cl)=C(CCC2=C(Cl)CC(C)C=C2)CC1. The second kappa shape index (κ2) is 6.12. The Kier molecular flexibility index (Phi) is 4.75. The Morgan fingerprint density at radius 3 is 2.67 bits per heavy atom. The van der Waals surface area contributed by atoms with E-state index in [-0.39, 0.29) is 0 Å². The van der Waals surface area contributed by atoms with E-state index >= 15 is 0 Å². The summed E-state index contributed by atoms with van der Waals surface area (Å²) in [5, 5.41) is 1.98. The Labute approximate surface area is 120 Å². The minimum atomic E-state index is 0.573.